The van der Waals surface area contributed by atoms with Gasteiger partial charge in [0.05, 0.1) is 24.5 Å². The zero-order chi connectivity index (χ0) is 20.0. The Hall–Kier alpha value is -1.13. The van der Waals surface area contributed by atoms with Gasteiger partial charge in [-0.3, -0.25) is 4.90 Å². The van der Waals surface area contributed by atoms with Gasteiger partial charge < -0.3 is 15.1 Å². The van der Waals surface area contributed by atoms with Crippen molar-refractivity contribution in [3.8, 4) is 0 Å². The van der Waals surface area contributed by atoms with Crippen molar-refractivity contribution in [2.45, 2.75) is 58.5 Å². The highest BCUT2D eigenvalue weighted by Crippen LogP contribution is 2.25. The van der Waals surface area contributed by atoms with Crippen LogP contribution in [0.25, 0.3) is 0 Å². The molecular formula is C21H34IN5OS. The highest BCUT2D eigenvalue weighted by atomic mass is 127. The van der Waals surface area contributed by atoms with E-state index in [-0.39, 0.29) is 35.4 Å². The minimum atomic E-state index is 0. The number of nitrogens with one attached hydrogen (secondary N) is 2. The molecule has 0 aliphatic carbocycles. The van der Waals surface area contributed by atoms with Gasteiger partial charge >= 0.3 is 0 Å². The molecule has 0 spiro atoms. The van der Waals surface area contributed by atoms with Crippen LogP contribution in [0.3, 0.4) is 0 Å². The second kappa shape index (κ2) is 11.3. The Morgan fingerprint density at radius 1 is 1.31 bits per heavy atom. The Balaban J connectivity index is 0.00000300. The lowest BCUT2D eigenvalue weighted by Gasteiger charge is -2.26. The van der Waals surface area contributed by atoms with E-state index in [9.17, 15) is 0 Å². The van der Waals surface area contributed by atoms with Gasteiger partial charge in [-0.05, 0) is 45.0 Å². The number of aliphatic imine (C=N–C) groups is 1. The number of rotatable bonds is 7. The zero-order valence-electron chi connectivity index (χ0n) is 17.9. The Bertz CT molecular complexity index is 747. The van der Waals surface area contributed by atoms with E-state index in [4.69, 9.17) is 14.4 Å². The summed E-state index contributed by atoms with van der Waals surface area (Å²) in [5.41, 5.74) is 1.21. The molecule has 0 saturated carbocycles. The Morgan fingerprint density at radius 2 is 2.07 bits per heavy atom. The summed E-state index contributed by atoms with van der Waals surface area (Å²) in [6, 6.07) is 4.26. The average Bonchev–Trinajstić information content (AvgIpc) is 3.41. The number of aromatic nitrogens is 1. The predicted octanol–water partition coefficient (Wildman–Crippen LogP) is 4.54. The number of hydrogen-bond acceptors (Lipinski definition) is 5. The Morgan fingerprint density at radius 3 is 2.66 bits per heavy atom. The molecule has 29 heavy (non-hydrogen) atoms. The van der Waals surface area contributed by atoms with E-state index in [2.05, 4.69) is 54.7 Å². The zero-order valence-corrected chi connectivity index (χ0v) is 21.0. The number of thiazole rings is 1. The maximum Gasteiger partial charge on any atom is 0.191 e. The Labute approximate surface area is 195 Å². The van der Waals surface area contributed by atoms with Gasteiger partial charge in [0.15, 0.2) is 5.96 Å². The minimum Gasteiger partial charge on any atom is -0.468 e. The second-order valence-corrected chi connectivity index (χ2v) is 9.17. The molecular weight excluding hydrogens is 497 g/mol. The fourth-order valence-corrected chi connectivity index (χ4v) is 4.30. The lowest BCUT2D eigenvalue weighted by atomic mass is 9.93. The smallest absolute Gasteiger partial charge is 0.191 e. The van der Waals surface area contributed by atoms with Gasteiger partial charge in [-0.25, -0.2) is 9.98 Å². The van der Waals surface area contributed by atoms with Gasteiger partial charge in [0.25, 0.3) is 0 Å². The Kier molecular flexibility index (Phi) is 9.42. The molecule has 2 aromatic heterocycles. The van der Waals surface area contributed by atoms with Crippen molar-refractivity contribution in [3.05, 3.63) is 40.2 Å². The first-order chi connectivity index (χ1) is 13.5. The van der Waals surface area contributed by atoms with Crippen molar-refractivity contribution in [2.75, 3.05) is 26.2 Å². The van der Waals surface area contributed by atoms with Gasteiger partial charge in [0.2, 0.25) is 0 Å². The number of halogens is 1. The third-order valence-electron chi connectivity index (χ3n) is 4.95. The molecule has 2 N–H and O–H groups in total. The van der Waals surface area contributed by atoms with E-state index < -0.39 is 0 Å². The summed E-state index contributed by atoms with van der Waals surface area (Å²) in [5, 5.41) is 10.0. The van der Waals surface area contributed by atoms with Gasteiger partial charge in [0, 0.05) is 23.9 Å². The van der Waals surface area contributed by atoms with Gasteiger partial charge in [-0.2, -0.15) is 0 Å². The largest absolute Gasteiger partial charge is 0.468 e. The fourth-order valence-electron chi connectivity index (χ4n) is 3.35. The van der Waals surface area contributed by atoms with E-state index in [0.29, 0.717) is 6.54 Å². The molecule has 1 aliphatic heterocycles. The third kappa shape index (κ3) is 6.96. The van der Waals surface area contributed by atoms with Crippen molar-refractivity contribution in [2.24, 2.45) is 4.99 Å². The molecule has 1 unspecified atom stereocenters. The number of furan rings is 1. The van der Waals surface area contributed by atoms with E-state index in [0.717, 1.165) is 48.6 Å². The van der Waals surface area contributed by atoms with Crippen LogP contribution in [0.5, 0.6) is 0 Å². The fraction of sp³-hybridized carbons (Fsp3) is 0.619. The lowest BCUT2D eigenvalue weighted by Crippen LogP contribution is -2.42. The first-order valence-corrected chi connectivity index (χ1v) is 11.1. The summed E-state index contributed by atoms with van der Waals surface area (Å²) in [7, 11) is 0. The molecule has 1 aliphatic rings. The van der Waals surface area contributed by atoms with Gasteiger partial charge in [-0.1, -0.05) is 20.8 Å². The molecule has 0 bridgehead atoms. The van der Waals surface area contributed by atoms with E-state index in [1.807, 2.05) is 6.07 Å². The van der Waals surface area contributed by atoms with Crippen LogP contribution >= 0.6 is 35.3 Å². The van der Waals surface area contributed by atoms with Crippen LogP contribution < -0.4 is 10.6 Å². The number of guanidine groups is 1. The van der Waals surface area contributed by atoms with Gasteiger partial charge in [-0.15, -0.1) is 35.3 Å². The minimum absolute atomic E-state index is 0. The predicted molar refractivity (Wildman–Crippen MR) is 131 cm³/mol. The summed E-state index contributed by atoms with van der Waals surface area (Å²) in [6.07, 6.45) is 4.27. The SMILES string of the molecule is CCNC(=NCc1nc(C(C)(C)C)cs1)NCC(c1ccco1)N1CCCC1.I. The molecule has 1 atom stereocenters. The van der Waals surface area contributed by atoms with Crippen LogP contribution in [0.15, 0.2) is 33.2 Å². The maximum absolute atomic E-state index is 5.71. The first-order valence-electron chi connectivity index (χ1n) is 10.2. The molecule has 2 aromatic rings. The van der Waals surface area contributed by atoms with Crippen molar-refractivity contribution in [3.63, 3.8) is 0 Å². The average molecular weight is 532 g/mol. The van der Waals surface area contributed by atoms with Crippen molar-refractivity contribution in [1.29, 1.82) is 0 Å². The standard InChI is InChI=1S/C21H33N5OS.HI/c1-5-22-20(24-14-19-25-18(15-28-19)21(2,3)4)23-13-16(17-9-8-12-27-17)26-10-6-7-11-26;/h8-9,12,15-16H,5-7,10-11,13-14H2,1-4H3,(H2,22,23,24);1H. The van der Waals surface area contributed by atoms with E-state index >= 15 is 0 Å². The maximum atomic E-state index is 5.71. The lowest BCUT2D eigenvalue weighted by molar-refractivity contribution is 0.215. The van der Waals surface area contributed by atoms with Crippen molar-refractivity contribution in [1.82, 2.24) is 20.5 Å². The van der Waals surface area contributed by atoms with Gasteiger partial charge in [0.1, 0.15) is 10.8 Å². The first kappa shape index (κ1) is 24.1. The van der Waals surface area contributed by atoms with E-state index in [1.165, 1.54) is 12.8 Å². The quantitative estimate of drug-likeness (QED) is 0.312. The molecule has 162 valence electrons. The summed E-state index contributed by atoms with van der Waals surface area (Å²) in [4.78, 5) is 12.0. The second-order valence-electron chi connectivity index (χ2n) is 8.23. The van der Waals surface area contributed by atoms with E-state index in [1.54, 1.807) is 17.6 Å². The summed E-state index contributed by atoms with van der Waals surface area (Å²) in [5.74, 6) is 1.84. The molecule has 1 fully saturated rings. The van der Waals surface area contributed by atoms with Crippen molar-refractivity contribution < 1.29 is 4.42 Å². The van der Waals surface area contributed by atoms with Crippen LogP contribution in [0.1, 0.15) is 63.0 Å². The third-order valence-corrected chi connectivity index (χ3v) is 5.79. The topological polar surface area (TPSA) is 65.7 Å². The molecule has 0 radical (unpaired) electrons. The number of nitrogens with zero attached hydrogens (tertiary/aromatic N) is 3. The summed E-state index contributed by atoms with van der Waals surface area (Å²) >= 11 is 1.68. The molecule has 8 heteroatoms. The number of hydrogen-bond donors (Lipinski definition) is 2. The molecule has 0 amide bonds. The van der Waals surface area contributed by atoms with Crippen LogP contribution in [0.2, 0.25) is 0 Å². The summed E-state index contributed by atoms with van der Waals surface area (Å²) in [6.45, 7) is 13.1. The van der Waals surface area contributed by atoms with Crippen LogP contribution in [-0.2, 0) is 12.0 Å². The molecule has 3 rings (SSSR count). The highest BCUT2D eigenvalue weighted by Gasteiger charge is 2.25. The van der Waals surface area contributed by atoms with Crippen LogP contribution in [-0.4, -0.2) is 42.0 Å². The monoisotopic (exact) mass is 531 g/mol. The van der Waals surface area contributed by atoms with Crippen LogP contribution in [0, 0.1) is 0 Å². The van der Waals surface area contributed by atoms with Crippen LogP contribution in [0.4, 0.5) is 0 Å². The highest BCUT2D eigenvalue weighted by molar-refractivity contribution is 14.0. The van der Waals surface area contributed by atoms with Crippen molar-refractivity contribution >= 4 is 41.3 Å². The summed E-state index contributed by atoms with van der Waals surface area (Å²) < 4.78 is 5.71. The normalized spacial score (nSPS) is 16.5. The number of likely N-dealkylation sites (tertiary alicyclic amines) is 1. The molecule has 0 aromatic carbocycles. The molecule has 1 saturated heterocycles. The molecule has 3 heterocycles. The molecule has 6 nitrogen and oxygen atoms in total.